The number of carbonyl (C=O) groups is 1. The molecule has 3 rings (SSSR count). The Hall–Kier alpha value is -2.15. The SMILES string of the molecule is CNC(=O)C1=C[C@H](c2ccc(Br)cc2)C[C@H](OCc2ccc(CO)cc2)O1. The predicted molar refractivity (Wildman–Crippen MR) is 106 cm³/mol. The van der Waals surface area contributed by atoms with Gasteiger partial charge in [0.2, 0.25) is 6.29 Å². The zero-order valence-corrected chi connectivity index (χ0v) is 16.6. The van der Waals surface area contributed by atoms with Crippen molar-refractivity contribution in [3.8, 4) is 0 Å². The first-order valence-corrected chi connectivity index (χ1v) is 9.54. The van der Waals surface area contributed by atoms with Crippen molar-refractivity contribution in [2.45, 2.75) is 31.8 Å². The molecule has 0 fully saturated rings. The van der Waals surface area contributed by atoms with Crippen LogP contribution in [-0.2, 0) is 27.5 Å². The van der Waals surface area contributed by atoms with Crippen molar-refractivity contribution in [3.05, 3.63) is 81.5 Å². The molecule has 0 aromatic heterocycles. The molecule has 2 aromatic carbocycles. The fourth-order valence-corrected chi connectivity index (χ4v) is 3.18. The Morgan fingerprint density at radius 3 is 2.48 bits per heavy atom. The summed E-state index contributed by atoms with van der Waals surface area (Å²) in [5.74, 6) is 0.0379. The Kier molecular flexibility index (Phi) is 6.66. The molecular formula is C21H22BrNO4. The van der Waals surface area contributed by atoms with Crippen LogP contribution in [0, 0.1) is 0 Å². The van der Waals surface area contributed by atoms with Crippen molar-refractivity contribution in [3.63, 3.8) is 0 Å². The van der Waals surface area contributed by atoms with Gasteiger partial charge in [0.25, 0.3) is 5.91 Å². The molecule has 0 saturated heterocycles. The van der Waals surface area contributed by atoms with Gasteiger partial charge < -0.3 is 19.9 Å². The van der Waals surface area contributed by atoms with Crippen molar-refractivity contribution in [2.24, 2.45) is 0 Å². The Bertz CT molecular complexity index is 802. The van der Waals surface area contributed by atoms with Crippen molar-refractivity contribution in [1.82, 2.24) is 5.32 Å². The molecular weight excluding hydrogens is 410 g/mol. The van der Waals surface area contributed by atoms with Gasteiger partial charge in [0.1, 0.15) is 0 Å². The molecule has 2 atom stereocenters. The lowest BCUT2D eigenvalue weighted by Gasteiger charge is -2.29. The average Bonchev–Trinajstić information content (AvgIpc) is 2.72. The normalized spacial score (nSPS) is 19.1. The maximum Gasteiger partial charge on any atom is 0.285 e. The fraction of sp³-hybridized carbons (Fsp3) is 0.286. The number of benzene rings is 2. The Morgan fingerprint density at radius 2 is 1.85 bits per heavy atom. The quantitative estimate of drug-likeness (QED) is 0.732. The molecule has 1 aliphatic rings. The summed E-state index contributed by atoms with van der Waals surface area (Å²) < 4.78 is 12.7. The van der Waals surface area contributed by atoms with Crippen LogP contribution >= 0.6 is 15.9 Å². The minimum atomic E-state index is -0.520. The van der Waals surface area contributed by atoms with Gasteiger partial charge in [-0.2, -0.15) is 0 Å². The highest BCUT2D eigenvalue weighted by Gasteiger charge is 2.28. The van der Waals surface area contributed by atoms with E-state index in [1.807, 2.05) is 54.6 Å². The average molecular weight is 432 g/mol. The van der Waals surface area contributed by atoms with E-state index in [4.69, 9.17) is 14.6 Å². The van der Waals surface area contributed by atoms with Gasteiger partial charge >= 0.3 is 0 Å². The van der Waals surface area contributed by atoms with E-state index < -0.39 is 6.29 Å². The predicted octanol–water partition coefficient (Wildman–Crippen LogP) is 3.62. The van der Waals surface area contributed by atoms with E-state index >= 15 is 0 Å². The number of amides is 1. The number of likely N-dealkylation sites (N-methyl/N-ethyl adjacent to an activating group) is 1. The highest BCUT2D eigenvalue weighted by molar-refractivity contribution is 9.10. The summed E-state index contributed by atoms with van der Waals surface area (Å²) >= 11 is 3.44. The van der Waals surface area contributed by atoms with E-state index in [1.54, 1.807) is 7.05 Å². The van der Waals surface area contributed by atoms with Crippen LogP contribution in [0.25, 0.3) is 0 Å². The first-order valence-electron chi connectivity index (χ1n) is 8.75. The van der Waals surface area contributed by atoms with Crippen LogP contribution in [0.5, 0.6) is 0 Å². The van der Waals surface area contributed by atoms with Crippen molar-refractivity contribution in [2.75, 3.05) is 7.05 Å². The minimum Gasteiger partial charge on any atom is -0.459 e. The number of hydrogen-bond acceptors (Lipinski definition) is 4. The second-order valence-electron chi connectivity index (χ2n) is 6.34. The van der Waals surface area contributed by atoms with Gasteiger partial charge in [-0.05, 0) is 34.9 Å². The van der Waals surface area contributed by atoms with Crippen LogP contribution in [0.3, 0.4) is 0 Å². The van der Waals surface area contributed by atoms with E-state index in [9.17, 15) is 4.79 Å². The van der Waals surface area contributed by atoms with Crippen molar-refractivity contribution < 1.29 is 19.4 Å². The summed E-state index contributed by atoms with van der Waals surface area (Å²) in [6.07, 6.45) is 1.95. The number of hydrogen-bond donors (Lipinski definition) is 2. The molecule has 27 heavy (non-hydrogen) atoms. The summed E-state index contributed by atoms with van der Waals surface area (Å²) in [5.41, 5.74) is 2.93. The molecule has 1 aliphatic heterocycles. The lowest BCUT2D eigenvalue weighted by molar-refractivity contribution is -0.150. The van der Waals surface area contributed by atoms with Gasteiger partial charge in [-0.1, -0.05) is 52.3 Å². The Labute approximate surface area is 167 Å². The van der Waals surface area contributed by atoms with Gasteiger partial charge in [-0.3, -0.25) is 4.79 Å². The molecule has 0 aliphatic carbocycles. The molecule has 5 nitrogen and oxygen atoms in total. The van der Waals surface area contributed by atoms with Gasteiger partial charge in [0, 0.05) is 23.9 Å². The number of aliphatic hydroxyl groups excluding tert-OH is 1. The molecule has 2 aromatic rings. The summed E-state index contributed by atoms with van der Waals surface area (Å²) in [4.78, 5) is 12.1. The minimum absolute atomic E-state index is 0.0159. The highest BCUT2D eigenvalue weighted by atomic mass is 79.9. The van der Waals surface area contributed by atoms with E-state index in [0.29, 0.717) is 13.0 Å². The third-order valence-electron chi connectivity index (χ3n) is 4.45. The van der Waals surface area contributed by atoms with Crippen LogP contribution in [-0.4, -0.2) is 24.4 Å². The smallest absolute Gasteiger partial charge is 0.285 e. The summed E-state index contributed by atoms with van der Waals surface area (Å²) in [7, 11) is 1.58. The van der Waals surface area contributed by atoms with Gasteiger partial charge in [0.15, 0.2) is 5.76 Å². The largest absolute Gasteiger partial charge is 0.459 e. The molecule has 0 unspecified atom stereocenters. The van der Waals surface area contributed by atoms with Crippen molar-refractivity contribution in [1.29, 1.82) is 0 Å². The fourth-order valence-electron chi connectivity index (χ4n) is 2.91. The first kappa shape index (κ1) is 19.6. The van der Waals surface area contributed by atoms with Gasteiger partial charge in [-0.25, -0.2) is 0 Å². The maximum atomic E-state index is 12.1. The summed E-state index contributed by atoms with van der Waals surface area (Å²) in [5, 5.41) is 11.7. The number of aliphatic hydroxyl groups is 1. The topological polar surface area (TPSA) is 67.8 Å². The third-order valence-corrected chi connectivity index (χ3v) is 4.98. The van der Waals surface area contributed by atoms with Crippen molar-refractivity contribution >= 4 is 21.8 Å². The van der Waals surface area contributed by atoms with E-state index in [2.05, 4.69) is 21.2 Å². The molecule has 142 valence electrons. The molecule has 1 amide bonds. The summed E-state index contributed by atoms with van der Waals surface area (Å²) in [6.45, 7) is 0.381. The van der Waals surface area contributed by atoms with Gasteiger partial charge in [-0.15, -0.1) is 0 Å². The van der Waals surface area contributed by atoms with Crippen LogP contribution < -0.4 is 5.32 Å². The molecule has 0 bridgehead atoms. The number of nitrogens with one attached hydrogen (secondary N) is 1. The molecule has 6 heteroatoms. The first-order chi connectivity index (χ1) is 13.1. The number of halogens is 1. The number of ether oxygens (including phenoxy) is 2. The zero-order chi connectivity index (χ0) is 19.2. The molecule has 0 radical (unpaired) electrons. The lowest BCUT2D eigenvalue weighted by atomic mass is 9.93. The summed E-state index contributed by atoms with van der Waals surface area (Å²) in [6, 6.07) is 15.6. The monoisotopic (exact) mass is 431 g/mol. The second kappa shape index (κ2) is 9.17. The molecule has 0 saturated carbocycles. The van der Waals surface area contributed by atoms with E-state index in [-0.39, 0.29) is 24.2 Å². The lowest BCUT2D eigenvalue weighted by Crippen LogP contribution is -2.31. The second-order valence-corrected chi connectivity index (χ2v) is 7.25. The zero-order valence-electron chi connectivity index (χ0n) is 15.0. The van der Waals surface area contributed by atoms with Crippen LogP contribution in [0.1, 0.15) is 29.0 Å². The molecule has 0 spiro atoms. The van der Waals surface area contributed by atoms with Crippen LogP contribution in [0.4, 0.5) is 0 Å². The number of allylic oxidation sites excluding steroid dienone is 1. The van der Waals surface area contributed by atoms with Crippen LogP contribution in [0.15, 0.2) is 64.8 Å². The molecule has 2 N–H and O–H groups in total. The number of carbonyl (C=O) groups excluding carboxylic acids is 1. The standard InChI is InChI=1S/C21H22BrNO4/c1-23-21(25)19-10-17(16-6-8-18(22)9-7-16)11-20(27-19)26-13-15-4-2-14(12-24)3-5-15/h2-10,17,20,24H,11-13H2,1H3,(H,23,25)/t17-,20+/m0/s1. The maximum absolute atomic E-state index is 12.1. The van der Waals surface area contributed by atoms with Crippen LogP contribution in [0.2, 0.25) is 0 Å². The molecule has 1 heterocycles. The Morgan fingerprint density at radius 1 is 1.19 bits per heavy atom. The Balaban J connectivity index is 1.72. The number of rotatable bonds is 6. The van der Waals surface area contributed by atoms with Gasteiger partial charge in [0.05, 0.1) is 13.2 Å². The highest BCUT2D eigenvalue weighted by Crippen LogP contribution is 2.32. The van der Waals surface area contributed by atoms with E-state index in [1.165, 1.54) is 0 Å². The van der Waals surface area contributed by atoms with E-state index in [0.717, 1.165) is 21.2 Å². The third kappa shape index (κ3) is 5.19.